The predicted molar refractivity (Wildman–Crippen MR) is 111 cm³/mol. The fourth-order valence-electron chi connectivity index (χ4n) is 3.11. The van der Waals surface area contributed by atoms with Crippen LogP contribution in [-0.2, 0) is 0 Å². The predicted octanol–water partition coefficient (Wildman–Crippen LogP) is 3.21. The third-order valence-corrected chi connectivity index (χ3v) is 4.97. The van der Waals surface area contributed by atoms with Gasteiger partial charge in [-0.25, -0.2) is 0 Å². The number of nitrogens with zero attached hydrogens (tertiary/aromatic N) is 2. The number of rotatable bonds is 9. The number of carbonyl (C=O) groups excluding carboxylic acids is 1. The molecule has 154 valence electrons. The van der Waals surface area contributed by atoms with Gasteiger partial charge in [-0.3, -0.25) is 14.9 Å². The number of methoxy groups -OCH3 is 1. The molecule has 2 aromatic carbocycles. The highest BCUT2D eigenvalue weighted by Gasteiger charge is 2.26. The topological polar surface area (TPSA) is 96.7 Å². The maximum atomic E-state index is 12.6. The highest BCUT2D eigenvalue weighted by Crippen LogP contribution is 2.31. The minimum atomic E-state index is -0.457. The van der Waals surface area contributed by atoms with Crippen molar-refractivity contribution in [1.29, 1.82) is 0 Å². The Balaban J connectivity index is 1.70. The van der Waals surface area contributed by atoms with Gasteiger partial charge in [-0.05, 0) is 56.8 Å². The fraction of sp³-hybridized carbons (Fsp3) is 0.381. The fourth-order valence-corrected chi connectivity index (χ4v) is 3.11. The van der Waals surface area contributed by atoms with Crippen LogP contribution in [0.1, 0.15) is 34.8 Å². The molecule has 1 saturated carbocycles. The number of amides is 1. The zero-order valence-electron chi connectivity index (χ0n) is 16.8. The summed E-state index contributed by atoms with van der Waals surface area (Å²) >= 11 is 0. The molecule has 2 N–H and O–H groups in total. The molecule has 1 amide bonds. The van der Waals surface area contributed by atoms with Crippen molar-refractivity contribution in [2.45, 2.75) is 24.9 Å². The first-order chi connectivity index (χ1) is 13.9. The summed E-state index contributed by atoms with van der Waals surface area (Å²) in [6.07, 6.45) is 2.02. The normalized spacial score (nSPS) is 14.3. The SMILES string of the molecule is COc1ccc(C(CNC(=O)c2ccc(NC3CC3)c([N+](=O)[O-])c2)N(C)C)cc1. The Hall–Kier alpha value is -3.13. The van der Waals surface area contributed by atoms with Gasteiger partial charge in [0.2, 0.25) is 0 Å². The third-order valence-electron chi connectivity index (χ3n) is 4.97. The molecular formula is C21H26N4O4. The van der Waals surface area contributed by atoms with E-state index in [0.29, 0.717) is 18.3 Å². The summed E-state index contributed by atoms with van der Waals surface area (Å²) in [6.45, 7) is 0.369. The van der Waals surface area contributed by atoms with Crippen LogP contribution in [0.3, 0.4) is 0 Å². The van der Waals surface area contributed by atoms with Gasteiger partial charge in [0, 0.05) is 24.2 Å². The molecule has 0 spiro atoms. The van der Waals surface area contributed by atoms with E-state index >= 15 is 0 Å². The summed E-state index contributed by atoms with van der Waals surface area (Å²) in [5, 5.41) is 17.4. The standard InChI is InChI=1S/C21H26N4O4/c1-24(2)20(14-4-9-17(29-3)10-5-14)13-22-21(26)15-6-11-18(23-16-7-8-16)19(12-15)25(27)28/h4-6,9-12,16,20,23H,7-8,13H2,1-3H3,(H,22,26). The van der Waals surface area contributed by atoms with Crippen molar-refractivity contribution in [2.24, 2.45) is 0 Å². The Morgan fingerprint density at radius 3 is 2.48 bits per heavy atom. The molecule has 8 nitrogen and oxygen atoms in total. The number of benzene rings is 2. The number of hydrogen-bond donors (Lipinski definition) is 2. The van der Waals surface area contributed by atoms with E-state index in [2.05, 4.69) is 10.6 Å². The van der Waals surface area contributed by atoms with E-state index in [0.717, 1.165) is 24.2 Å². The molecule has 0 aromatic heterocycles. The zero-order valence-corrected chi connectivity index (χ0v) is 16.8. The third kappa shape index (κ3) is 5.23. The van der Waals surface area contributed by atoms with Gasteiger partial charge in [-0.15, -0.1) is 0 Å². The lowest BCUT2D eigenvalue weighted by Gasteiger charge is -2.25. The molecule has 8 heteroatoms. The second-order valence-corrected chi connectivity index (χ2v) is 7.37. The molecule has 0 bridgehead atoms. The second-order valence-electron chi connectivity index (χ2n) is 7.37. The summed E-state index contributed by atoms with van der Waals surface area (Å²) in [7, 11) is 5.48. The zero-order chi connectivity index (χ0) is 21.0. The van der Waals surface area contributed by atoms with Crippen LogP contribution in [0.2, 0.25) is 0 Å². The Morgan fingerprint density at radius 1 is 1.24 bits per heavy atom. The Labute approximate surface area is 170 Å². The summed E-state index contributed by atoms with van der Waals surface area (Å²) in [5.41, 5.74) is 1.68. The lowest BCUT2D eigenvalue weighted by molar-refractivity contribution is -0.384. The number of hydrogen-bond acceptors (Lipinski definition) is 6. The van der Waals surface area contributed by atoms with Gasteiger partial charge in [-0.1, -0.05) is 12.1 Å². The first-order valence-corrected chi connectivity index (χ1v) is 9.52. The minimum absolute atomic E-state index is 0.0457. The van der Waals surface area contributed by atoms with Crippen LogP contribution in [0.15, 0.2) is 42.5 Å². The molecule has 1 fully saturated rings. The average Bonchev–Trinajstić information content (AvgIpc) is 3.52. The van der Waals surface area contributed by atoms with Crippen molar-refractivity contribution in [2.75, 3.05) is 33.1 Å². The van der Waals surface area contributed by atoms with Crippen molar-refractivity contribution < 1.29 is 14.5 Å². The molecule has 29 heavy (non-hydrogen) atoms. The first kappa shape index (κ1) is 20.6. The summed E-state index contributed by atoms with van der Waals surface area (Å²) < 4.78 is 5.19. The van der Waals surface area contributed by atoms with Gasteiger partial charge in [-0.2, -0.15) is 0 Å². The van der Waals surface area contributed by atoms with E-state index < -0.39 is 4.92 Å². The maximum absolute atomic E-state index is 12.6. The largest absolute Gasteiger partial charge is 0.497 e. The van der Waals surface area contributed by atoms with E-state index in [4.69, 9.17) is 4.74 Å². The van der Waals surface area contributed by atoms with Crippen molar-refractivity contribution in [3.05, 3.63) is 63.7 Å². The van der Waals surface area contributed by atoms with Gasteiger partial charge in [0.1, 0.15) is 11.4 Å². The van der Waals surface area contributed by atoms with E-state index in [-0.39, 0.29) is 23.2 Å². The second kappa shape index (κ2) is 8.91. The lowest BCUT2D eigenvalue weighted by Crippen LogP contribution is -2.34. The van der Waals surface area contributed by atoms with E-state index in [1.807, 2.05) is 43.3 Å². The number of nitro benzene ring substituents is 1. The summed E-state index contributed by atoms with van der Waals surface area (Å²) in [5.74, 6) is 0.425. The maximum Gasteiger partial charge on any atom is 0.293 e. The first-order valence-electron chi connectivity index (χ1n) is 9.52. The van der Waals surface area contributed by atoms with Crippen LogP contribution >= 0.6 is 0 Å². The quantitative estimate of drug-likeness (QED) is 0.497. The van der Waals surface area contributed by atoms with E-state index in [1.54, 1.807) is 19.2 Å². The highest BCUT2D eigenvalue weighted by molar-refractivity contribution is 5.95. The number of anilines is 1. The molecule has 0 heterocycles. The molecular weight excluding hydrogens is 372 g/mol. The van der Waals surface area contributed by atoms with Gasteiger partial charge < -0.3 is 20.3 Å². The molecule has 1 atom stereocenters. The Kier molecular flexibility index (Phi) is 6.33. The van der Waals surface area contributed by atoms with E-state index in [9.17, 15) is 14.9 Å². The Bertz CT molecular complexity index is 879. The molecule has 1 aliphatic rings. The number of ether oxygens (including phenoxy) is 1. The van der Waals surface area contributed by atoms with Crippen molar-refractivity contribution in [3.63, 3.8) is 0 Å². The van der Waals surface area contributed by atoms with Gasteiger partial charge in [0.25, 0.3) is 11.6 Å². The highest BCUT2D eigenvalue weighted by atomic mass is 16.6. The smallest absolute Gasteiger partial charge is 0.293 e. The van der Waals surface area contributed by atoms with Crippen LogP contribution in [0.4, 0.5) is 11.4 Å². The van der Waals surface area contributed by atoms with Crippen molar-refractivity contribution in [3.8, 4) is 5.75 Å². The van der Waals surface area contributed by atoms with Crippen LogP contribution < -0.4 is 15.4 Å². The van der Waals surface area contributed by atoms with Gasteiger partial charge in [0.05, 0.1) is 18.1 Å². The van der Waals surface area contributed by atoms with Crippen LogP contribution in [-0.4, -0.2) is 49.5 Å². The van der Waals surface area contributed by atoms with Gasteiger partial charge in [0.15, 0.2) is 0 Å². The Morgan fingerprint density at radius 2 is 1.93 bits per heavy atom. The van der Waals surface area contributed by atoms with Crippen LogP contribution in [0, 0.1) is 10.1 Å². The monoisotopic (exact) mass is 398 g/mol. The molecule has 3 rings (SSSR count). The van der Waals surface area contributed by atoms with Crippen molar-refractivity contribution >= 4 is 17.3 Å². The molecule has 0 saturated heterocycles. The molecule has 2 aromatic rings. The number of nitro groups is 1. The summed E-state index contributed by atoms with van der Waals surface area (Å²) in [6, 6.07) is 12.5. The van der Waals surface area contributed by atoms with Crippen LogP contribution in [0.25, 0.3) is 0 Å². The van der Waals surface area contributed by atoms with Crippen LogP contribution in [0.5, 0.6) is 5.75 Å². The molecule has 0 radical (unpaired) electrons. The average molecular weight is 398 g/mol. The van der Waals surface area contributed by atoms with E-state index in [1.165, 1.54) is 6.07 Å². The lowest BCUT2D eigenvalue weighted by atomic mass is 10.1. The minimum Gasteiger partial charge on any atom is -0.497 e. The van der Waals surface area contributed by atoms with Gasteiger partial charge >= 0.3 is 0 Å². The van der Waals surface area contributed by atoms with Crippen molar-refractivity contribution in [1.82, 2.24) is 10.2 Å². The molecule has 1 aliphatic carbocycles. The number of nitrogens with one attached hydrogen (secondary N) is 2. The molecule has 0 aliphatic heterocycles. The number of carbonyl (C=O) groups is 1. The number of likely N-dealkylation sites (N-methyl/N-ethyl adjacent to an activating group) is 1. The molecule has 1 unspecified atom stereocenters. The summed E-state index contributed by atoms with van der Waals surface area (Å²) in [4.78, 5) is 25.6.